The van der Waals surface area contributed by atoms with Crippen molar-refractivity contribution in [1.82, 2.24) is 5.32 Å². The first-order valence-electron chi connectivity index (χ1n) is 5.51. The zero-order chi connectivity index (χ0) is 13.9. The summed E-state index contributed by atoms with van der Waals surface area (Å²) in [6.45, 7) is 5.12. The molecule has 1 rings (SSSR count). The van der Waals surface area contributed by atoms with Gasteiger partial charge in [0.2, 0.25) is 0 Å². The molecular weight excluding hydrogens is 237 g/mol. The third kappa shape index (κ3) is 3.55. The van der Waals surface area contributed by atoms with Crippen LogP contribution in [0.4, 0.5) is 4.39 Å². The van der Waals surface area contributed by atoms with Crippen LogP contribution in [0.3, 0.4) is 0 Å². The molecule has 0 bridgehead atoms. The van der Waals surface area contributed by atoms with Crippen molar-refractivity contribution in [2.75, 3.05) is 0 Å². The summed E-state index contributed by atoms with van der Waals surface area (Å²) in [6.07, 6.45) is 0. The molecule has 1 amide bonds. The molecule has 18 heavy (non-hydrogen) atoms. The summed E-state index contributed by atoms with van der Waals surface area (Å²) in [6, 6.07) is 4.08. The fourth-order valence-electron chi connectivity index (χ4n) is 1.49. The molecule has 0 heterocycles. The second-order valence-electron chi connectivity index (χ2n) is 5.12. The van der Waals surface area contributed by atoms with Gasteiger partial charge in [0.15, 0.2) is 0 Å². The van der Waals surface area contributed by atoms with E-state index in [4.69, 9.17) is 5.11 Å². The van der Waals surface area contributed by atoms with Crippen molar-refractivity contribution >= 4 is 11.9 Å². The van der Waals surface area contributed by atoms with Gasteiger partial charge in [0.1, 0.15) is 11.9 Å². The lowest BCUT2D eigenvalue weighted by Gasteiger charge is -2.27. The summed E-state index contributed by atoms with van der Waals surface area (Å²) in [4.78, 5) is 22.9. The number of halogens is 1. The Kier molecular flexibility index (Phi) is 4.06. The Morgan fingerprint density at radius 1 is 1.33 bits per heavy atom. The molecular formula is C13H16FNO3. The first kappa shape index (κ1) is 14.2. The highest BCUT2D eigenvalue weighted by molar-refractivity contribution is 5.96. The van der Waals surface area contributed by atoms with Crippen LogP contribution < -0.4 is 5.32 Å². The van der Waals surface area contributed by atoms with Gasteiger partial charge in [-0.2, -0.15) is 0 Å². The van der Waals surface area contributed by atoms with Crippen LogP contribution in [0.1, 0.15) is 31.1 Å². The summed E-state index contributed by atoms with van der Waals surface area (Å²) in [5.74, 6) is -2.26. The third-order valence-electron chi connectivity index (χ3n) is 2.48. The predicted octanol–water partition coefficient (Wildman–Crippen LogP) is 2.05. The number of benzene rings is 1. The van der Waals surface area contributed by atoms with Gasteiger partial charge in [-0.3, -0.25) is 4.79 Å². The molecule has 1 unspecified atom stereocenters. The minimum Gasteiger partial charge on any atom is -0.480 e. The summed E-state index contributed by atoms with van der Waals surface area (Å²) >= 11 is 0. The van der Waals surface area contributed by atoms with E-state index in [9.17, 15) is 14.0 Å². The van der Waals surface area contributed by atoms with E-state index in [-0.39, 0.29) is 5.56 Å². The quantitative estimate of drug-likeness (QED) is 0.866. The topological polar surface area (TPSA) is 66.4 Å². The van der Waals surface area contributed by atoms with Gasteiger partial charge in [-0.05, 0) is 23.6 Å². The molecule has 2 N–H and O–H groups in total. The van der Waals surface area contributed by atoms with Crippen LogP contribution in [0.5, 0.6) is 0 Å². The number of nitrogens with one attached hydrogen (secondary N) is 1. The van der Waals surface area contributed by atoms with Gasteiger partial charge < -0.3 is 10.4 Å². The van der Waals surface area contributed by atoms with Gasteiger partial charge in [-0.15, -0.1) is 0 Å². The summed E-state index contributed by atoms with van der Waals surface area (Å²) in [5.41, 5.74) is -0.528. The van der Waals surface area contributed by atoms with Crippen molar-refractivity contribution < 1.29 is 19.1 Å². The van der Waals surface area contributed by atoms with E-state index in [2.05, 4.69) is 5.32 Å². The summed E-state index contributed by atoms with van der Waals surface area (Å²) < 4.78 is 13.0. The normalized spacial score (nSPS) is 12.9. The Bertz CT molecular complexity index is 466. The van der Waals surface area contributed by atoms with E-state index in [1.54, 1.807) is 20.8 Å². The van der Waals surface area contributed by atoms with E-state index >= 15 is 0 Å². The molecule has 0 aliphatic heterocycles. The molecule has 0 aliphatic carbocycles. The Balaban J connectivity index is 2.89. The number of carbonyl (C=O) groups is 2. The number of aliphatic carboxylic acids is 1. The average Bonchev–Trinajstić information content (AvgIpc) is 2.23. The molecule has 0 saturated carbocycles. The Labute approximate surface area is 105 Å². The maximum atomic E-state index is 13.0. The Morgan fingerprint density at radius 3 is 2.39 bits per heavy atom. The van der Waals surface area contributed by atoms with Crippen LogP contribution in [0.15, 0.2) is 24.3 Å². The summed E-state index contributed by atoms with van der Waals surface area (Å²) in [7, 11) is 0. The van der Waals surface area contributed by atoms with E-state index in [1.165, 1.54) is 18.2 Å². The Morgan fingerprint density at radius 2 is 1.94 bits per heavy atom. The largest absolute Gasteiger partial charge is 0.480 e. The molecule has 1 aromatic rings. The first-order chi connectivity index (χ1) is 8.21. The second-order valence-corrected chi connectivity index (χ2v) is 5.12. The lowest BCUT2D eigenvalue weighted by atomic mass is 9.86. The fourth-order valence-corrected chi connectivity index (χ4v) is 1.49. The number of carbonyl (C=O) groups excluding carboxylic acids is 1. The van der Waals surface area contributed by atoms with Crippen LogP contribution in [0, 0.1) is 11.2 Å². The number of hydrogen-bond donors (Lipinski definition) is 2. The maximum absolute atomic E-state index is 13.0. The molecule has 0 spiro atoms. The minimum atomic E-state index is -1.12. The molecule has 0 aliphatic rings. The first-order valence-corrected chi connectivity index (χ1v) is 5.51. The smallest absolute Gasteiger partial charge is 0.326 e. The van der Waals surface area contributed by atoms with Gasteiger partial charge >= 0.3 is 5.97 Å². The second kappa shape index (κ2) is 5.16. The van der Waals surface area contributed by atoms with Crippen molar-refractivity contribution in [2.24, 2.45) is 5.41 Å². The van der Waals surface area contributed by atoms with Crippen LogP contribution in [0.2, 0.25) is 0 Å². The average molecular weight is 253 g/mol. The van der Waals surface area contributed by atoms with E-state index in [0.717, 1.165) is 6.07 Å². The van der Waals surface area contributed by atoms with Crippen LogP contribution in [-0.2, 0) is 4.79 Å². The van der Waals surface area contributed by atoms with E-state index in [1.807, 2.05) is 0 Å². The zero-order valence-corrected chi connectivity index (χ0v) is 10.5. The number of hydrogen-bond acceptors (Lipinski definition) is 2. The highest BCUT2D eigenvalue weighted by Gasteiger charge is 2.32. The molecule has 0 fully saturated rings. The molecule has 0 saturated heterocycles. The molecule has 0 radical (unpaired) electrons. The number of carboxylic acids is 1. The fraction of sp³-hybridized carbons (Fsp3) is 0.385. The molecule has 0 aromatic heterocycles. The molecule has 98 valence electrons. The van der Waals surface area contributed by atoms with Crippen molar-refractivity contribution in [2.45, 2.75) is 26.8 Å². The lowest BCUT2D eigenvalue weighted by Crippen LogP contribution is -2.49. The zero-order valence-electron chi connectivity index (χ0n) is 10.5. The Hall–Kier alpha value is -1.91. The van der Waals surface area contributed by atoms with Gasteiger partial charge in [-0.25, -0.2) is 9.18 Å². The highest BCUT2D eigenvalue weighted by Crippen LogP contribution is 2.20. The third-order valence-corrected chi connectivity index (χ3v) is 2.48. The number of carboxylic acid groups (broad SMARTS) is 1. The molecule has 1 atom stereocenters. The number of rotatable bonds is 3. The van der Waals surface area contributed by atoms with Gasteiger partial charge in [-0.1, -0.05) is 26.8 Å². The van der Waals surface area contributed by atoms with Gasteiger partial charge in [0, 0.05) is 5.56 Å². The van der Waals surface area contributed by atoms with Crippen LogP contribution in [0.25, 0.3) is 0 Å². The van der Waals surface area contributed by atoms with Crippen molar-refractivity contribution in [3.05, 3.63) is 35.6 Å². The molecule has 5 heteroatoms. The van der Waals surface area contributed by atoms with E-state index < -0.39 is 29.2 Å². The highest BCUT2D eigenvalue weighted by atomic mass is 19.1. The van der Waals surface area contributed by atoms with Crippen molar-refractivity contribution in [1.29, 1.82) is 0 Å². The standard InChI is InChI=1S/C13H16FNO3/c1-13(2,3)10(12(17)18)15-11(16)8-5-4-6-9(14)7-8/h4-7,10H,1-3H3,(H,15,16)(H,17,18). The van der Waals surface area contributed by atoms with Crippen LogP contribution >= 0.6 is 0 Å². The maximum Gasteiger partial charge on any atom is 0.326 e. The SMILES string of the molecule is CC(C)(C)C(NC(=O)c1cccc(F)c1)C(=O)O. The molecule has 4 nitrogen and oxygen atoms in total. The van der Waals surface area contributed by atoms with E-state index in [0.29, 0.717) is 0 Å². The predicted molar refractivity (Wildman–Crippen MR) is 64.7 cm³/mol. The minimum absolute atomic E-state index is 0.102. The van der Waals surface area contributed by atoms with Crippen molar-refractivity contribution in [3.63, 3.8) is 0 Å². The van der Waals surface area contributed by atoms with Gasteiger partial charge in [0.25, 0.3) is 5.91 Å². The van der Waals surface area contributed by atoms with Crippen molar-refractivity contribution in [3.8, 4) is 0 Å². The van der Waals surface area contributed by atoms with Gasteiger partial charge in [0.05, 0.1) is 0 Å². The number of amides is 1. The lowest BCUT2D eigenvalue weighted by molar-refractivity contribution is -0.142. The molecule has 1 aromatic carbocycles. The summed E-state index contributed by atoms with van der Waals surface area (Å²) in [5, 5.41) is 11.5. The van der Waals surface area contributed by atoms with Crippen LogP contribution in [-0.4, -0.2) is 23.0 Å². The monoisotopic (exact) mass is 253 g/mol.